The molecule has 0 spiro atoms. The van der Waals surface area contributed by atoms with Crippen LogP contribution in [-0.4, -0.2) is 20.8 Å². The van der Waals surface area contributed by atoms with Gasteiger partial charge in [-0.25, -0.2) is 4.98 Å². The maximum absolute atomic E-state index is 12.7. The van der Waals surface area contributed by atoms with E-state index in [1.54, 1.807) is 20.8 Å². The molecule has 116 valence electrons. The second-order valence-corrected chi connectivity index (χ2v) is 5.41. The van der Waals surface area contributed by atoms with Crippen molar-refractivity contribution in [2.75, 3.05) is 0 Å². The Bertz CT molecular complexity index is 782. The van der Waals surface area contributed by atoms with Gasteiger partial charge in [0.2, 0.25) is 0 Å². The topological polar surface area (TPSA) is 46.4 Å². The fraction of sp³-hybridized carbons (Fsp3) is 0.333. The van der Waals surface area contributed by atoms with Gasteiger partial charge < -0.3 is 5.32 Å². The summed E-state index contributed by atoms with van der Waals surface area (Å²) in [6.07, 6.45) is 2.03. The molecule has 0 atom stereocenters. The number of nitrogens with one attached hydrogen (secondary N) is 1. The van der Waals surface area contributed by atoms with Crippen LogP contribution in [0.25, 0.3) is 5.65 Å². The number of fused-ring (bicyclic) bond motifs is 1. The van der Waals surface area contributed by atoms with Crippen LogP contribution in [0.15, 0.2) is 18.3 Å². The Balaban J connectivity index is 2.50. The Morgan fingerprint density at radius 1 is 1.41 bits per heavy atom. The first-order chi connectivity index (χ1) is 10.0. The van der Waals surface area contributed by atoms with Gasteiger partial charge in [0.05, 0.1) is 16.8 Å². The molecular weight excluding hydrogens is 295 g/mol. The summed E-state index contributed by atoms with van der Waals surface area (Å²) in [5.74, 6) is 1.93. The fourth-order valence-corrected chi connectivity index (χ4v) is 1.99. The van der Waals surface area contributed by atoms with Gasteiger partial charge in [-0.3, -0.25) is 9.20 Å². The predicted molar refractivity (Wildman–Crippen MR) is 75.3 cm³/mol. The summed E-state index contributed by atoms with van der Waals surface area (Å²) in [7, 11) is 0. The number of imidazole rings is 1. The van der Waals surface area contributed by atoms with Gasteiger partial charge in [0.25, 0.3) is 5.91 Å². The average molecular weight is 309 g/mol. The summed E-state index contributed by atoms with van der Waals surface area (Å²) in [4.78, 5) is 16.3. The normalized spacial score (nSPS) is 12.2. The summed E-state index contributed by atoms with van der Waals surface area (Å²) in [5, 5.41) is 2.63. The Hall–Kier alpha value is -2.49. The SMILES string of the molecule is C#CC(C)(C)NC(=O)c1c(C)nc2cc(C(F)(F)F)ccn12. The second kappa shape index (κ2) is 5.05. The third-order valence-electron chi connectivity index (χ3n) is 3.13. The highest BCUT2D eigenvalue weighted by Gasteiger charge is 2.31. The number of aryl methyl sites for hydroxylation is 1. The van der Waals surface area contributed by atoms with E-state index in [1.807, 2.05) is 0 Å². The number of aromatic nitrogens is 2. The molecule has 7 heteroatoms. The summed E-state index contributed by atoms with van der Waals surface area (Å²) in [6.45, 7) is 4.84. The number of terminal acetylenes is 1. The molecule has 2 aromatic heterocycles. The molecule has 2 rings (SSSR count). The minimum absolute atomic E-state index is 0.0518. The maximum Gasteiger partial charge on any atom is 0.416 e. The number of nitrogens with zero attached hydrogens (tertiary/aromatic N) is 2. The lowest BCUT2D eigenvalue weighted by molar-refractivity contribution is -0.137. The number of halogens is 3. The number of rotatable bonds is 2. The van der Waals surface area contributed by atoms with E-state index in [2.05, 4.69) is 16.2 Å². The molecular formula is C15H14F3N3O. The van der Waals surface area contributed by atoms with Crippen LogP contribution < -0.4 is 5.32 Å². The lowest BCUT2D eigenvalue weighted by Crippen LogP contribution is -2.42. The molecule has 0 saturated carbocycles. The molecule has 0 unspecified atom stereocenters. The standard InChI is InChI=1S/C15H14F3N3O/c1-5-14(3,4)20-13(22)12-9(2)19-11-8-10(15(16,17)18)6-7-21(11)12/h1,6-8H,2-4H3,(H,20,22). The lowest BCUT2D eigenvalue weighted by Gasteiger charge is -2.19. The van der Waals surface area contributed by atoms with E-state index >= 15 is 0 Å². The highest BCUT2D eigenvalue weighted by Crippen LogP contribution is 2.30. The minimum atomic E-state index is -4.46. The van der Waals surface area contributed by atoms with Crippen LogP contribution in [0.5, 0.6) is 0 Å². The zero-order chi connectivity index (χ0) is 16.7. The van der Waals surface area contributed by atoms with Gasteiger partial charge in [0.15, 0.2) is 0 Å². The molecule has 2 heterocycles. The van der Waals surface area contributed by atoms with Gasteiger partial charge >= 0.3 is 6.18 Å². The Kier molecular flexibility index (Phi) is 3.65. The van der Waals surface area contributed by atoms with Crippen LogP contribution in [0.2, 0.25) is 0 Å². The van der Waals surface area contributed by atoms with Crippen molar-refractivity contribution in [2.24, 2.45) is 0 Å². The Morgan fingerprint density at radius 2 is 2.05 bits per heavy atom. The van der Waals surface area contributed by atoms with Crippen LogP contribution in [0, 0.1) is 19.3 Å². The van der Waals surface area contributed by atoms with E-state index in [-0.39, 0.29) is 11.3 Å². The van der Waals surface area contributed by atoms with Crippen LogP contribution in [0.4, 0.5) is 13.2 Å². The van der Waals surface area contributed by atoms with Crippen molar-refractivity contribution >= 4 is 11.6 Å². The van der Waals surface area contributed by atoms with Gasteiger partial charge in [-0.2, -0.15) is 13.2 Å². The van der Waals surface area contributed by atoms with E-state index in [0.29, 0.717) is 5.69 Å². The molecule has 0 fully saturated rings. The molecule has 0 radical (unpaired) electrons. The highest BCUT2D eigenvalue weighted by molar-refractivity contribution is 5.95. The Labute approximate surface area is 125 Å². The van der Waals surface area contributed by atoms with Gasteiger partial charge in [-0.1, -0.05) is 5.92 Å². The van der Waals surface area contributed by atoms with Crippen LogP contribution >= 0.6 is 0 Å². The molecule has 0 aromatic carbocycles. The molecule has 0 bridgehead atoms. The van der Waals surface area contributed by atoms with Crippen molar-refractivity contribution < 1.29 is 18.0 Å². The zero-order valence-electron chi connectivity index (χ0n) is 12.2. The van der Waals surface area contributed by atoms with E-state index in [9.17, 15) is 18.0 Å². The summed E-state index contributed by atoms with van der Waals surface area (Å²) in [5.41, 5.74) is -1.16. The third kappa shape index (κ3) is 2.91. The second-order valence-electron chi connectivity index (χ2n) is 5.41. The van der Waals surface area contributed by atoms with Crippen molar-refractivity contribution in [1.29, 1.82) is 0 Å². The number of pyridine rings is 1. The van der Waals surface area contributed by atoms with Gasteiger partial charge in [0, 0.05) is 6.20 Å². The first-order valence-corrected chi connectivity index (χ1v) is 6.41. The predicted octanol–water partition coefficient (Wildman–Crippen LogP) is 2.80. The summed E-state index contributed by atoms with van der Waals surface area (Å²) in [6, 6.07) is 1.80. The molecule has 1 amide bonds. The van der Waals surface area contributed by atoms with Gasteiger partial charge in [-0.05, 0) is 32.9 Å². The number of hydrogen-bond donors (Lipinski definition) is 1. The van der Waals surface area contributed by atoms with E-state index < -0.39 is 23.2 Å². The third-order valence-corrected chi connectivity index (χ3v) is 3.13. The highest BCUT2D eigenvalue weighted by atomic mass is 19.4. The zero-order valence-corrected chi connectivity index (χ0v) is 12.2. The summed E-state index contributed by atoms with van der Waals surface area (Å²) >= 11 is 0. The number of hydrogen-bond acceptors (Lipinski definition) is 2. The first kappa shape index (κ1) is 15.9. The first-order valence-electron chi connectivity index (χ1n) is 6.41. The minimum Gasteiger partial charge on any atom is -0.335 e. The van der Waals surface area contributed by atoms with Crippen molar-refractivity contribution in [1.82, 2.24) is 14.7 Å². The lowest BCUT2D eigenvalue weighted by atomic mass is 10.1. The maximum atomic E-state index is 12.7. The molecule has 22 heavy (non-hydrogen) atoms. The molecule has 0 aliphatic carbocycles. The fourth-order valence-electron chi connectivity index (χ4n) is 1.99. The van der Waals surface area contributed by atoms with Crippen molar-refractivity contribution in [2.45, 2.75) is 32.5 Å². The smallest absolute Gasteiger partial charge is 0.335 e. The number of carbonyl (C=O) groups excluding carboxylic acids is 1. The van der Waals surface area contributed by atoms with Crippen LogP contribution in [0.3, 0.4) is 0 Å². The van der Waals surface area contributed by atoms with Gasteiger partial charge in [-0.15, -0.1) is 6.42 Å². The Morgan fingerprint density at radius 3 is 2.59 bits per heavy atom. The number of carbonyl (C=O) groups is 1. The van der Waals surface area contributed by atoms with Crippen LogP contribution in [-0.2, 0) is 6.18 Å². The van der Waals surface area contributed by atoms with Crippen molar-refractivity contribution in [3.8, 4) is 12.3 Å². The summed E-state index contributed by atoms with van der Waals surface area (Å²) < 4.78 is 39.4. The van der Waals surface area contributed by atoms with Crippen molar-refractivity contribution in [3.63, 3.8) is 0 Å². The molecule has 0 aliphatic rings. The molecule has 0 aliphatic heterocycles. The van der Waals surface area contributed by atoms with Gasteiger partial charge in [0.1, 0.15) is 11.3 Å². The average Bonchev–Trinajstić information content (AvgIpc) is 2.72. The van der Waals surface area contributed by atoms with E-state index in [4.69, 9.17) is 6.42 Å². The van der Waals surface area contributed by atoms with E-state index in [0.717, 1.165) is 12.1 Å². The van der Waals surface area contributed by atoms with Crippen molar-refractivity contribution in [3.05, 3.63) is 35.3 Å². The van der Waals surface area contributed by atoms with Crippen LogP contribution in [0.1, 0.15) is 35.6 Å². The monoisotopic (exact) mass is 309 g/mol. The van der Waals surface area contributed by atoms with E-state index in [1.165, 1.54) is 10.6 Å². The molecule has 2 aromatic rings. The quantitative estimate of drug-likeness (QED) is 0.867. The molecule has 0 saturated heterocycles. The number of alkyl halides is 3. The largest absolute Gasteiger partial charge is 0.416 e. The number of amides is 1. The molecule has 4 nitrogen and oxygen atoms in total. The molecule has 1 N–H and O–H groups in total.